The summed E-state index contributed by atoms with van der Waals surface area (Å²) in [7, 11) is 0. The number of piperidine rings is 1. The number of benzene rings is 2. The highest BCUT2D eigenvalue weighted by atomic mass is 19.3. The molecule has 2 aromatic carbocycles. The van der Waals surface area contributed by atoms with Gasteiger partial charge in [-0.05, 0) is 86.1 Å². The van der Waals surface area contributed by atoms with E-state index in [0.29, 0.717) is 36.8 Å². The Bertz CT molecular complexity index is 1370. The van der Waals surface area contributed by atoms with E-state index >= 15 is 0 Å². The fraction of sp³-hybridized carbons (Fsp3) is 0.455. The Kier molecular flexibility index (Phi) is 8.96. The molecule has 5 rings (SSSR count). The largest absolute Gasteiger partial charge is 0.431 e. The summed E-state index contributed by atoms with van der Waals surface area (Å²) in [5, 5.41) is 10.1. The lowest BCUT2D eigenvalue weighted by atomic mass is 9.86. The number of ether oxygens (including phenoxy) is 1. The average Bonchev–Trinajstić information content (AvgIpc) is 2.98. The molecule has 42 heavy (non-hydrogen) atoms. The Morgan fingerprint density at radius 1 is 1.02 bits per heavy atom. The lowest BCUT2D eigenvalue weighted by Crippen LogP contribution is -2.56. The van der Waals surface area contributed by atoms with Crippen molar-refractivity contribution in [1.29, 1.82) is 0 Å². The van der Waals surface area contributed by atoms with Crippen molar-refractivity contribution >= 4 is 17.4 Å². The molecule has 0 saturated carbocycles. The van der Waals surface area contributed by atoms with E-state index in [9.17, 15) is 18.7 Å². The minimum atomic E-state index is -3.24. The number of alkyl halides is 2. The van der Waals surface area contributed by atoms with Crippen molar-refractivity contribution in [3.63, 3.8) is 0 Å². The third kappa shape index (κ3) is 6.84. The number of aromatic nitrogens is 1. The molecule has 0 spiro atoms. The third-order valence-corrected chi connectivity index (χ3v) is 8.46. The van der Waals surface area contributed by atoms with Crippen LogP contribution in [0.3, 0.4) is 0 Å². The van der Waals surface area contributed by atoms with Crippen molar-refractivity contribution in [3.8, 4) is 5.75 Å². The third-order valence-electron chi connectivity index (χ3n) is 8.46. The second-order valence-electron chi connectivity index (χ2n) is 11.6. The smallest absolute Gasteiger partial charge is 0.394 e. The number of rotatable bonds is 8. The summed E-state index contributed by atoms with van der Waals surface area (Å²) >= 11 is 0. The van der Waals surface area contributed by atoms with Crippen LogP contribution < -0.4 is 14.5 Å². The van der Waals surface area contributed by atoms with Gasteiger partial charge in [0, 0.05) is 51.4 Å². The molecular formula is C33H40F2N4O3. The van der Waals surface area contributed by atoms with Gasteiger partial charge in [-0.1, -0.05) is 24.3 Å². The van der Waals surface area contributed by atoms with Crippen LogP contribution in [0.1, 0.15) is 46.8 Å². The highest BCUT2D eigenvalue weighted by Crippen LogP contribution is 2.35. The van der Waals surface area contributed by atoms with Gasteiger partial charge in [0.15, 0.2) is 0 Å². The number of nitrogens with zero attached hydrogens (tertiary/aromatic N) is 4. The number of aliphatic hydroxyl groups is 1. The molecule has 2 fully saturated rings. The second-order valence-corrected chi connectivity index (χ2v) is 11.6. The van der Waals surface area contributed by atoms with Crippen LogP contribution in [0, 0.1) is 19.8 Å². The number of anilines is 2. The van der Waals surface area contributed by atoms with Crippen LogP contribution in [0.15, 0.2) is 60.8 Å². The first-order chi connectivity index (χ1) is 20.1. The second kappa shape index (κ2) is 12.7. The summed E-state index contributed by atoms with van der Waals surface area (Å²) in [5.41, 5.74) is 4.70. The van der Waals surface area contributed by atoms with Crippen LogP contribution in [0.4, 0.5) is 20.3 Å². The molecule has 0 unspecified atom stereocenters. The molecule has 0 aliphatic carbocycles. The average molecular weight is 579 g/mol. The predicted molar refractivity (Wildman–Crippen MR) is 161 cm³/mol. The number of carbonyl (C=O) groups excluding carboxylic acids is 1. The topological polar surface area (TPSA) is 69.1 Å². The molecule has 0 radical (unpaired) electrons. The fourth-order valence-electron chi connectivity index (χ4n) is 6.23. The van der Waals surface area contributed by atoms with Gasteiger partial charge in [-0.3, -0.25) is 4.79 Å². The number of amides is 1. The van der Waals surface area contributed by atoms with E-state index in [1.54, 1.807) is 18.3 Å². The number of aryl methyl sites for hydroxylation is 2. The number of hydrogen-bond acceptors (Lipinski definition) is 6. The molecule has 3 aromatic rings. The van der Waals surface area contributed by atoms with Crippen LogP contribution in [0.5, 0.6) is 5.75 Å². The van der Waals surface area contributed by atoms with Gasteiger partial charge in [0.25, 0.3) is 5.91 Å². The van der Waals surface area contributed by atoms with Gasteiger partial charge in [-0.15, -0.1) is 0 Å². The van der Waals surface area contributed by atoms with Crippen LogP contribution in [-0.4, -0.2) is 72.4 Å². The van der Waals surface area contributed by atoms with Crippen molar-refractivity contribution in [2.75, 3.05) is 49.1 Å². The maximum atomic E-state index is 13.8. The number of halogens is 2. The van der Waals surface area contributed by atoms with Crippen LogP contribution in [0.25, 0.3) is 0 Å². The molecule has 1 amide bonds. The van der Waals surface area contributed by atoms with E-state index in [-0.39, 0.29) is 24.3 Å². The van der Waals surface area contributed by atoms with E-state index in [1.807, 2.05) is 42.2 Å². The highest BCUT2D eigenvalue weighted by Gasteiger charge is 2.32. The molecule has 2 aliphatic rings. The zero-order valence-electron chi connectivity index (χ0n) is 24.6. The number of pyridine rings is 1. The minimum absolute atomic E-state index is 0.00739. The number of hydrogen-bond donors (Lipinski definition) is 1. The molecule has 224 valence electrons. The lowest BCUT2D eigenvalue weighted by molar-refractivity contribution is -0.158. The number of aliphatic hydroxyl groups excluding tert-OH is 1. The predicted octanol–water partition coefficient (Wildman–Crippen LogP) is 5.47. The molecule has 3 heterocycles. The van der Waals surface area contributed by atoms with Crippen LogP contribution in [0.2, 0.25) is 0 Å². The summed E-state index contributed by atoms with van der Waals surface area (Å²) in [6.07, 6.45) is 1.20. The molecule has 1 N–H and O–H groups in total. The Balaban J connectivity index is 1.24. The minimum Gasteiger partial charge on any atom is -0.431 e. The lowest BCUT2D eigenvalue weighted by Gasteiger charge is -2.41. The molecule has 2 saturated heterocycles. The van der Waals surface area contributed by atoms with Gasteiger partial charge in [-0.25, -0.2) is 4.98 Å². The fourth-order valence-corrected chi connectivity index (χ4v) is 6.23. The number of piperazine rings is 1. The Morgan fingerprint density at radius 3 is 2.45 bits per heavy atom. The molecule has 7 nitrogen and oxygen atoms in total. The van der Waals surface area contributed by atoms with Crippen molar-refractivity contribution in [3.05, 3.63) is 83.0 Å². The Labute approximate surface area is 246 Å². The first-order valence-electron chi connectivity index (χ1n) is 14.7. The van der Waals surface area contributed by atoms with Gasteiger partial charge >= 0.3 is 6.11 Å². The maximum Gasteiger partial charge on any atom is 0.394 e. The van der Waals surface area contributed by atoms with Crippen molar-refractivity contribution in [2.24, 2.45) is 5.92 Å². The van der Waals surface area contributed by atoms with E-state index in [2.05, 4.69) is 33.8 Å². The van der Waals surface area contributed by atoms with E-state index in [4.69, 9.17) is 4.74 Å². The molecule has 2 aliphatic heterocycles. The first kappa shape index (κ1) is 29.8. The normalized spacial score (nSPS) is 18.3. The molecular weight excluding hydrogens is 538 g/mol. The molecule has 1 aromatic heterocycles. The van der Waals surface area contributed by atoms with Gasteiger partial charge in [-0.2, -0.15) is 8.78 Å². The van der Waals surface area contributed by atoms with Gasteiger partial charge < -0.3 is 24.5 Å². The highest BCUT2D eigenvalue weighted by molar-refractivity contribution is 5.96. The molecule has 1 atom stereocenters. The van der Waals surface area contributed by atoms with Gasteiger partial charge in [0.1, 0.15) is 11.6 Å². The van der Waals surface area contributed by atoms with Crippen molar-refractivity contribution < 1.29 is 23.4 Å². The first-order valence-corrected chi connectivity index (χ1v) is 14.7. The van der Waals surface area contributed by atoms with Crippen LogP contribution in [-0.2, 0) is 6.42 Å². The quantitative estimate of drug-likeness (QED) is 0.382. The monoisotopic (exact) mass is 578 g/mol. The summed E-state index contributed by atoms with van der Waals surface area (Å²) in [6, 6.07) is 16.6. The zero-order chi connectivity index (χ0) is 29.9. The summed E-state index contributed by atoms with van der Waals surface area (Å²) in [6.45, 7) is 7.87. The Hall–Kier alpha value is -3.72. The zero-order valence-corrected chi connectivity index (χ0v) is 24.6. The summed E-state index contributed by atoms with van der Waals surface area (Å²) in [5.74, 6) is 1.42. The van der Waals surface area contributed by atoms with Crippen molar-refractivity contribution in [2.45, 2.75) is 52.2 Å². The van der Waals surface area contributed by atoms with Crippen LogP contribution >= 0.6 is 0 Å². The van der Waals surface area contributed by atoms with E-state index in [0.717, 1.165) is 50.7 Å². The maximum absolute atomic E-state index is 13.8. The molecule has 9 heteroatoms. The van der Waals surface area contributed by atoms with Gasteiger partial charge in [0.05, 0.1) is 18.3 Å². The Morgan fingerprint density at radius 2 is 1.76 bits per heavy atom. The van der Waals surface area contributed by atoms with Gasteiger partial charge in [0.2, 0.25) is 0 Å². The standard InChI is InChI=1S/C33H40F2N4O3/c1-23-18-24(2)28(32(41)38-16-17-39(27(21-38)22-40)31-10-6-7-13-36-31)20-26(23)19-25-11-14-37(15-12-25)29-8-4-5-9-30(29)42-33(3,34)35/h4-10,13,18,20,25,27,40H,11-12,14-17,19,21-22H2,1-3H3/t27-/m0/s1. The number of para-hydroxylation sites is 2. The summed E-state index contributed by atoms with van der Waals surface area (Å²) in [4.78, 5) is 24.2. The molecule has 0 bridgehead atoms. The van der Waals surface area contributed by atoms with E-state index < -0.39 is 6.11 Å². The SMILES string of the molecule is Cc1cc(C)c(C(=O)N2CCN(c3ccccn3)[C@H](CO)C2)cc1CC1CCN(c2ccccc2OC(C)(F)F)CC1. The van der Waals surface area contributed by atoms with E-state index in [1.165, 1.54) is 11.1 Å². The summed E-state index contributed by atoms with van der Waals surface area (Å²) < 4.78 is 32.1. The number of carbonyl (C=O) groups is 1. The van der Waals surface area contributed by atoms with Crippen molar-refractivity contribution in [1.82, 2.24) is 9.88 Å².